The number of carbonyl (C=O) groups excluding carboxylic acids is 2. The number of hydrogen-bond donors (Lipinski definition) is 1. The number of carbonyl (C=O) groups is 2. The standard InChI is InChI=1S/C22H21N5O2S/c1-12-16-14-9-6-10-23-19(14)27(2)22(29)18(17(12)16)24-20(28)21-26-25-15(30-21)11-13-7-4-3-5-8-13/h3-10,12,16-18H,11H2,1-2H3,(H,24,28)/t12?,16?,17?,18-/m0/s1. The monoisotopic (exact) mass is 419 g/mol. The van der Waals surface area contributed by atoms with Gasteiger partial charge in [0.1, 0.15) is 16.9 Å². The normalized spacial score (nSPS) is 24.6. The fourth-order valence-electron chi connectivity index (χ4n) is 4.47. The number of hydrogen-bond acceptors (Lipinski definition) is 6. The molecule has 0 saturated heterocycles. The summed E-state index contributed by atoms with van der Waals surface area (Å²) in [4.78, 5) is 32.0. The number of likely N-dealkylation sites (N-methyl/N-ethyl adjacent to an activating group) is 1. The maximum absolute atomic E-state index is 13.1. The van der Waals surface area contributed by atoms with Gasteiger partial charge in [0.25, 0.3) is 11.8 Å². The minimum atomic E-state index is -0.599. The summed E-state index contributed by atoms with van der Waals surface area (Å²) >= 11 is 1.26. The van der Waals surface area contributed by atoms with Crippen LogP contribution in [0.5, 0.6) is 0 Å². The van der Waals surface area contributed by atoms with Gasteiger partial charge in [-0.3, -0.25) is 14.5 Å². The Balaban J connectivity index is 1.35. The SMILES string of the molecule is CC1C2c3cccnc3N(C)C(=O)[C@@H](NC(=O)c3nnc(Cc4ccccc4)s3)C12. The highest BCUT2D eigenvalue weighted by Gasteiger charge is 2.58. The van der Waals surface area contributed by atoms with Gasteiger partial charge in [-0.2, -0.15) is 0 Å². The largest absolute Gasteiger partial charge is 0.338 e. The van der Waals surface area contributed by atoms with E-state index >= 15 is 0 Å². The van der Waals surface area contributed by atoms with Crippen LogP contribution in [0.1, 0.15) is 38.8 Å². The van der Waals surface area contributed by atoms with Gasteiger partial charge in [-0.15, -0.1) is 10.2 Å². The number of rotatable bonds is 4. The summed E-state index contributed by atoms with van der Waals surface area (Å²) in [5.74, 6) is 0.769. The molecule has 2 aromatic heterocycles. The first-order valence-corrected chi connectivity index (χ1v) is 10.8. The van der Waals surface area contributed by atoms with Crippen LogP contribution >= 0.6 is 11.3 Å². The van der Waals surface area contributed by atoms with Crippen LogP contribution in [0.4, 0.5) is 5.82 Å². The van der Waals surface area contributed by atoms with Crippen LogP contribution in [-0.2, 0) is 11.2 Å². The Morgan fingerprint density at radius 3 is 2.77 bits per heavy atom. The van der Waals surface area contributed by atoms with Crippen molar-refractivity contribution in [1.29, 1.82) is 0 Å². The van der Waals surface area contributed by atoms with E-state index < -0.39 is 6.04 Å². The van der Waals surface area contributed by atoms with Crippen LogP contribution in [0, 0.1) is 11.8 Å². The lowest BCUT2D eigenvalue weighted by Crippen LogP contribution is -2.49. The van der Waals surface area contributed by atoms with Gasteiger partial charge >= 0.3 is 0 Å². The predicted molar refractivity (Wildman–Crippen MR) is 113 cm³/mol. The number of amides is 2. The van der Waals surface area contributed by atoms with Crippen molar-refractivity contribution < 1.29 is 9.59 Å². The summed E-state index contributed by atoms with van der Waals surface area (Å²) in [6, 6.07) is 13.3. The lowest BCUT2D eigenvalue weighted by atomic mass is 10.1. The molecule has 1 aliphatic carbocycles. The van der Waals surface area contributed by atoms with E-state index in [1.807, 2.05) is 42.5 Å². The average molecular weight is 420 g/mol. The Labute approximate surface area is 178 Å². The second kappa shape index (κ2) is 7.28. The second-order valence-corrected chi connectivity index (χ2v) is 8.95. The summed E-state index contributed by atoms with van der Waals surface area (Å²) in [5, 5.41) is 12.2. The topological polar surface area (TPSA) is 88.1 Å². The van der Waals surface area contributed by atoms with E-state index in [9.17, 15) is 9.59 Å². The van der Waals surface area contributed by atoms with Crippen LogP contribution in [-0.4, -0.2) is 40.1 Å². The lowest BCUT2D eigenvalue weighted by Gasteiger charge is -2.23. The van der Waals surface area contributed by atoms with Gasteiger partial charge in [-0.25, -0.2) is 4.98 Å². The van der Waals surface area contributed by atoms with Gasteiger partial charge in [0.05, 0.1) is 0 Å². The fourth-order valence-corrected chi connectivity index (χ4v) is 5.25. The first-order valence-electron chi connectivity index (χ1n) is 9.94. The van der Waals surface area contributed by atoms with Crippen LogP contribution in [0.2, 0.25) is 0 Å². The van der Waals surface area contributed by atoms with Crippen LogP contribution in [0.15, 0.2) is 48.7 Å². The summed E-state index contributed by atoms with van der Waals surface area (Å²) in [7, 11) is 1.71. The molecule has 0 spiro atoms. The minimum Gasteiger partial charge on any atom is -0.338 e. The van der Waals surface area contributed by atoms with Crippen molar-refractivity contribution in [3.63, 3.8) is 0 Å². The molecule has 4 atom stereocenters. The van der Waals surface area contributed by atoms with E-state index in [1.165, 1.54) is 11.3 Å². The van der Waals surface area contributed by atoms with Crippen LogP contribution in [0.3, 0.4) is 0 Å². The highest BCUT2D eigenvalue weighted by Crippen LogP contribution is 2.58. The van der Waals surface area contributed by atoms with E-state index in [0.29, 0.717) is 18.2 Å². The Morgan fingerprint density at radius 1 is 1.17 bits per heavy atom. The number of pyridine rings is 1. The van der Waals surface area contributed by atoms with Gasteiger partial charge in [0.2, 0.25) is 5.01 Å². The van der Waals surface area contributed by atoms with Crippen molar-refractivity contribution in [3.8, 4) is 0 Å². The maximum atomic E-state index is 13.1. The van der Waals surface area contributed by atoms with Gasteiger partial charge in [-0.05, 0) is 34.9 Å². The molecule has 0 radical (unpaired) electrons. The zero-order valence-corrected chi connectivity index (χ0v) is 17.5. The molecule has 7 nitrogen and oxygen atoms in total. The van der Waals surface area contributed by atoms with Crippen molar-refractivity contribution in [1.82, 2.24) is 20.5 Å². The average Bonchev–Trinajstić information content (AvgIpc) is 3.21. The quantitative estimate of drug-likeness (QED) is 0.702. The molecular formula is C22H21N5O2S. The number of nitrogens with zero attached hydrogens (tertiary/aromatic N) is 4. The first kappa shape index (κ1) is 18.9. The minimum absolute atomic E-state index is 0.0612. The second-order valence-electron chi connectivity index (χ2n) is 7.89. The number of benzene rings is 1. The molecule has 1 aliphatic heterocycles. The van der Waals surface area contributed by atoms with Crippen LogP contribution in [0.25, 0.3) is 0 Å². The third-order valence-electron chi connectivity index (χ3n) is 6.07. The third kappa shape index (κ3) is 3.17. The van der Waals surface area contributed by atoms with Crippen molar-refractivity contribution in [3.05, 3.63) is 69.8 Å². The number of aromatic nitrogens is 3. The maximum Gasteiger partial charge on any atom is 0.282 e. The Morgan fingerprint density at radius 2 is 1.97 bits per heavy atom. The Bertz CT molecular complexity index is 1120. The van der Waals surface area contributed by atoms with Gasteiger partial charge < -0.3 is 5.32 Å². The number of nitrogens with one attached hydrogen (secondary N) is 1. The third-order valence-corrected chi connectivity index (χ3v) is 6.99. The molecule has 1 aromatic carbocycles. The molecular weight excluding hydrogens is 398 g/mol. The molecule has 3 aromatic rings. The zero-order chi connectivity index (χ0) is 20.8. The van der Waals surface area contributed by atoms with Crippen LogP contribution < -0.4 is 10.2 Å². The molecule has 1 saturated carbocycles. The molecule has 8 heteroatoms. The highest BCUT2D eigenvalue weighted by atomic mass is 32.1. The summed E-state index contributed by atoms with van der Waals surface area (Å²) in [6.45, 7) is 2.12. The molecule has 5 rings (SSSR count). The molecule has 2 aliphatic rings. The summed E-state index contributed by atoms with van der Waals surface area (Å²) in [5.41, 5.74) is 2.18. The number of anilines is 1. The first-order chi connectivity index (χ1) is 14.5. The van der Waals surface area contributed by atoms with E-state index in [0.717, 1.165) is 16.1 Å². The van der Waals surface area contributed by atoms with Gasteiger partial charge in [0.15, 0.2) is 0 Å². The lowest BCUT2D eigenvalue weighted by molar-refractivity contribution is -0.120. The summed E-state index contributed by atoms with van der Waals surface area (Å²) in [6.07, 6.45) is 2.32. The smallest absolute Gasteiger partial charge is 0.282 e. The highest BCUT2D eigenvalue weighted by molar-refractivity contribution is 7.13. The molecule has 2 amide bonds. The van der Waals surface area contributed by atoms with Crippen molar-refractivity contribution >= 4 is 29.0 Å². The van der Waals surface area contributed by atoms with E-state index in [-0.39, 0.29) is 28.7 Å². The zero-order valence-electron chi connectivity index (χ0n) is 16.6. The molecule has 3 heterocycles. The Kier molecular flexibility index (Phi) is 4.58. The molecule has 30 heavy (non-hydrogen) atoms. The number of fused-ring (bicyclic) bond motifs is 3. The molecule has 1 fully saturated rings. The molecule has 152 valence electrons. The van der Waals surface area contributed by atoms with E-state index in [4.69, 9.17) is 0 Å². The summed E-state index contributed by atoms with van der Waals surface area (Å²) < 4.78 is 0. The fraction of sp³-hybridized carbons (Fsp3) is 0.318. The van der Waals surface area contributed by atoms with Crippen molar-refractivity contribution in [2.45, 2.75) is 25.3 Å². The molecule has 0 bridgehead atoms. The van der Waals surface area contributed by atoms with E-state index in [1.54, 1.807) is 18.1 Å². The van der Waals surface area contributed by atoms with Crippen molar-refractivity contribution in [2.75, 3.05) is 11.9 Å². The molecule has 3 unspecified atom stereocenters. The molecule has 1 N–H and O–H groups in total. The predicted octanol–water partition coefficient (Wildman–Crippen LogP) is 2.65. The van der Waals surface area contributed by atoms with Gasteiger partial charge in [0, 0.05) is 19.7 Å². The Hall–Kier alpha value is -3.13. The van der Waals surface area contributed by atoms with Crippen molar-refractivity contribution in [2.24, 2.45) is 11.8 Å². The van der Waals surface area contributed by atoms with E-state index in [2.05, 4.69) is 27.4 Å². The van der Waals surface area contributed by atoms with Gasteiger partial charge in [-0.1, -0.05) is 54.7 Å².